The summed E-state index contributed by atoms with van der Waals surface area (Å²) >= 11 is 0. The Morgan fingerprint density at radius 1 is 0.128 bits per heavy atom. The van der Waals surface area contributed by atoms with Crippen molar-refractivity contribution in [1.29, 1.82) is 0 Å². The molecule has 0 unspecified atom stereocenters. The van der Waals surface area contributed by atoms with Gasteiger partial charge in [-0.3, -0.25) is 0 Å². The summed E-state index contributed by atoms with van der Waals surface area (Å²) in [5.41, 5.74) is 17.6. The Kier molecular flexibility index (Phi) is 12.7. The fourth-order valence-corrected chi connectivity index (χ4v) is 13.6. The average Bonchev–Trinajstić information content (AvgIpc) is 0.817. The first-order valence-corrected chi connectivity index (χ1v) is 29.8. The quantitative estimate of drug-likeness (QED) is 0.140. The summed E-state index contributed by atoms with van der Waals surface area (Å²) in [6.45, 7) is 0. The minimum atomic E-state index is 0. The molecule has 0 spiro atoms. The summed E-state index contributed by atoms with van der Waals surface area (Å²) in [5.74, 6) is 0. The van der Waals surface area contributed by atoms with Crippen LogP contribution in [0, 0.1) is 0 Å². The van der Waals surface area contributed by atoms with Crippen molar-refractivity contribution in [2.75, 3.05) is 0 Å². The first kappa shape index (κ1) is 50.5. The lowest BCUT2D eigenvalue weighted by Crippen LogP contribution is -1.91. The Morgan fingerprint density at radius 3 is 0.721 bits per heavy atom. The third kappa shape index (κ3) is 8.95. The smallest absolute Gasteiger partial charge is 0 e. The number of rotatable bonds is 7. The van der Waals surface area contributed by atoms with E-state index in [0.717, 1.165) is 0 Å². The van der Waals surface area contributed by atoms with Gasteiger partial charge in [-0.25, -0.2) is 0 Å². The Labute approximate surface area is 503 Å². The van der Waals surface area contributed by atoms with E-state index in [1.807, 2.05) is 0 Å². The van der Waals surface area contributed by atoms with Gasteiger partial charge in [0.05, 0.1) is 0 Å². The Morgan fingerprint density at radius 2 is 0.360 bits per heavy atom. The summed E-state index contributed by atoms with van der Waals surface area (Å²) in [6, 6.07) is 124. The zero-order valence-corrected chi connectivity index (χ0v) is 47.3. The molecule has 0 amide bonds. The standard InChI is InChI=1S/C46H30.C40H26.2H2/c1-2-12-37-30-38(29-22-31(37)10-1)32-20-25-35(26-21-32)45-41-15-5-7-17-43(41)46(44-18-8-6-16-42(44)45)36-27-23-34(24-28-36)40-19-9-13-33-11-3-4-14-39(33)40;1-2-12-31-26-32(25-20-27(31)10-1)40-37-17-7-5-15-35(37)39(36-16-6-8-18-38(36)40)30-23-21-29(22-24-30)34-19-9-13-28-11-3-4-14-33(28)34;;/h1-30H;1-26H;2*1H. The molecular weight excluding hydrogens is 1030 g/mol. The van der Waals surface area contributed by atoms with Gasteiger partial charge in [0.15, 0.2) is 0 Å². The number of fused-ring (bicyclic) bond motifs is 8. The van der Waals surface area contributed by atoms with E-state index in [1.165, 1.54) is 164 Å². The van der Waals surface area contributed by atoms with Crippen LogP contribution in [0.2, 0.25) is 0 Å². The number of benzene rings is 17. The van der Waals surface area contributed by atoms with Crippen LogP contribution in [0.15, 0.2) is 340 Å². The predicted molar refractivity (Wildman–Crippen MR) is 375 cm³/mol. The van der Waals surface area contributed by atoms with E-state index in [0.29, 0.717) is 0 Å². The monoisotopic (exact) mass is 1090 g/mol. The van der Waals surface area contributed by atoms with E-state index in [9.17, 15) is 0 Å². The molecule has 0 saturated carbocycles. The van der Waals surface area contributed by atoms with Crippen LogP contribution in [0.3, 0.4) is 0 Å². The lowest BCUT2D eigenvalue weighted by Gasteiger charge is -2.18. The van der Waals surface area contributed by atoms with Gasteiger partial charge in [-0.2, -0.15) is 0 Å². The van der Waals surface area contributed by atoms with Crippen molar-refractivity contribution in [1.82, 2.24) is 0 Å². The van der Waals surface area contributed by atoms with E-state index in [1.54, 1.807) is 0 Å². The molecule has 0 aliphatic rings. The van der Waals surface area contributed by atoms with Gasteiger partial charge in [0.2, 0.25) is 0 Å². The van der Waals surface area contributed by atoms with Crippen molar-refractivity contribution in [2.24, 2.45) is 0 Å². The topological polar surface area (TPSA) is 0 Å². The molecule has 0 aromatic heterocycles. The molecule has 0 aliphatic carbocycles. The van der Waals surface area contributed by atoms with Gasteiger partial charge >= 0.3 is 0 Å². The summed E-state index contributed by atoms with van der Waals surface area (Å²) in [5, 5.41) is 20.4. The molecule has 0 atom stereocenters. The van der Waals surface area contributed by atoms with Crippen molar-refractivity contribution < 1.29 is 2.85 Å². The Balaban J connectivity index is 0.000000153. The lowest BCUT2D eigenvalue weighted by molar-refractivity contribution is 1.62. The number of hydrogen-bond donors (Lipinski definition) is 0. The van der Waals surface area contributed by atoms with Crippen LogP contribution in [0.4, 0.5) is 0 Å². The Bertz CT molecular complexity index is 5320. The SMILES string of the molecule is [HH].[HH].c1ccc2cc(-c3c4ccccc4c(-c4ccc(-c5cccc6ccccc56)cc4)c4ccccc34)ccc2c1.c1ccc2cc(-c3ccc(-c4c5ccccc5c(-c5ccc(-c6cccc7ccccc67)cc5)c5ccccc45)cc3)ccc2c1. The van der Waals surface area contributed by atoms with Crippen LogP contribution in [-0.4, -0.2) is 0 Å². The van der Waals surface area contributed by atoms with Crippen molar-refractivity contribution in [3.63, 3.8) is 0 Å². The van der Waals surface area contributed by atoms with E-state index in [2.05, 4.69) is 340 Å². The van der Waals surface area contributed by atoms with Crippen molar-refractivity contribution in [2.45, 2.75) is 0 Å². The summed E-state index contributed by atoms with van der Waals surface area (Å²) in [7, 11) is 0. The molecule has 0 heterocycles. The van der Waals surface area contributed by atoms with E-state index in [-0.39, 0.29) is 2.85 Å². The first-order chi connectivity index (χ1) is 42.7. The minimum Gasteiger partial charge on any atom is -0.0616 e. The molecule has 17 aromatic carbocycles. The maximum absolute atomic E-state index is 2.34. The second-order valence-corrected chi connectivity index (χ2v) is 22.6. The molecule has 0 N–H and O–H groups in total. The maximum Gasteiger partial charge on any atom is 0 e. The van der Waals surface area contributed by atoms with Crippen LogP contribution >= 0.6 is 0 Å². The van der Waals surface area contributed by atoms with E-state index < -0.39 is 0 Å². The van der Waals surface area contributed by atoms with Gasteiger partial charge in [-0.1, -0.05) is 328 Å². The molecule has 404 valence electrons. The Hall–Kier alpha value is -11.2. The van der Waals surface area contributed by atoms with Crippen LogP contribution < -0.4 is 0 Å². The van der Waals surface area contributed by atoms with Crippen molar-refractivity contribution in [3.8, 4) is 77.9 Å². The third-order valence-electron chi connectivity index (χ3n) is 17.7. The van der Waals surface area contributed by atoms with Crippen LogP contribution in [0.25, 0.3) is 164 Å². The van der Waals surface area contributed by atoms with Gasteiger partial charge in [0.1, 0.15) is 0 Å². The minimum absolute atomic E-state index is 0. The van der Waals surface area contributed by atoms with Crippen LogP contribution in [-0.2, 0) is 0 Å². The summed E-state index contributed by atoms with van der Waals surface area (Å²) in [4.78, 5) is 0. The van der Waals surface area contributed by atoms with Gasteiger partial charge in [0, 0.05) is 2.85 Å². The average molecular weight is 1090 g/mol. The fourth-order valence-electron chi connectivity index (χ4n) is 13.6. The zero-order chi connectivity index (χ0) is 56.9. The molecule has 0 fully saturated rings. The highest BCUT2D eigenvalue weighted by molar-refractivity contribution is 6.23. The normalized spacial score (nSPS) is 11.5. The molecule has 17 rings (SSSR count). The third-order valence-corrected chi connectivity index (χ3v) is 17.7. The van der Waals surface area contributed by atoms with E-state index >= 15 is 0 Å². The molecular formula is C86H60. The second kappa shape index (κ2) is 21.5. The predicted octanol–water partition coefficient (Wildman–Crippen LogP) is 24.8. The molecule has 0 radical (unpaired) electrons. The second-order valence-electron chi connectivity index (χ2n) is 22.6. The van der Waals surface area contributed by atoms with Crippen molar-refractivity contribution >= 4 is 86.2 Å². The van der Waals surface area contributed by atoms with E-state index in [4.69, 9.17) is 0 Å². The van der Waals surface area contributed by atoms with Crippen LogP contribution in [0.1, 0.15) is 2.85 Å². The van der Waals surface area contributed by atoms with Crippen molar-refractivity contribution in [3.05, 3.63) is 340 Å². The molecule has 86 heavy (non-hydrogen) atoms. The highest BCUT2D eigenvalue weighted by Gasteiger charge is 2.19. The van der Waals surface area contributed by atoms with Gasteiger partial charge < -0.3 is 0 Å². The fraction of sp³-hybridized carbons (Fsp3) is 0. The lowest BCUT2D eigenvalue weighted by atomic mass is 9.85. The van der Waals surface area contributed by atoms with Gasteiger partial charge in [0.25, 0.3) is 0 Å². The summed E-state index contributed by atoms with van der Waals surface area (Å²) < 4.78 is 0. The van der Waals surface area contributed by atoms with Crippen LogP contribution in [0.5, 0.6) is 0 Å². The molecule has 0 nitrogen and oxygen atoms in total. The largest absolute Gasteiger partial charge is 0.0616 e. The zero-order valence-electron chi connectivity index (χ0n) is 47.3. The number of hydrogen-bond acceptors (Lipinski definition) is 0. The highest BCUT2D eigenvalue weighted by atomic mass is 14.2. The highest BCUT2D eigenvalue weighted by Crippen LogP contribution is 2.47. The van der Waals surface area contributed by atoms with Gasteiger partial charge in [-0.05, 0) is 176 Å². The maximum atomic E-state index is 2.34. The molecule has 17 aromatic rings. The molecule has 0 aliphatic heterocycles. The molecule has 0 bridgehead atoms. The first-order valence-electron chi connectivity index (χ1n) is 29.8. The molecule has 0 heteroatoms. The van der Waals surface area contributed by atoms with Gasteiger partial charge in [-0.15, -0.1) is 0 Å². The summed E-state index contributed by atoms with van der Waals surface area (Å²) in [6.07, 6.45) is 0. The molecule has 0 saturated heterocycles.